The molecule has 0 unspecified atom stereocenters. The minimum absolute atomic E-state index is 0.180. The van der Waals surface area contributed by atoms with Crippen molar-refractivity contribution in [3.63, 3.8) is 0 Å². The number of para-hydroxylation sites is 1. The van der Waals surface area contributed by atoms with Crippen LogP contribution < -0.4 is 4.90 Å². The number of sulfonamides is 1. The van der Waals surface area contributed by atoms with E-state index in [1.54, 1.807) is 17.4 Å². The van der Waals surface area contributed by atoms with Gasteiger partial charge in [0.1, 0.15) is 15.7 Å². The number of pyridine rings is 1. The quantitative estimate of drug-likeness (QED) is 0.578. The Balaban J connectivity index is 1.63. The van der Waals surface area contributed by atoms with Crippen LogP contribution in [0.2, 0.25) is 0 Å². The second kappa shape index (κ2) is 8.38. The van der Waals surface area contributed by atoms with E-state index in [1.807, 2.05) is 38.1 Å². The molecule has 3 aromatic rings. The topological polar surface area (TPSA) is 66.4 Å². The van der Waals surface area contributed by atoms with E-state index in [9.17, 15) is 8.42 Å². The number of hydrogen-bond acceptors (Lipinski definition) is 6. The second-order valence-corrected chi connectivity index (χ2v) is 10.2. The molecule has 154 valence electrons. The molecule has 0 spiro atoms. The van der Waals surface area contributed by atoms with Crippen LogP contribution >= 0.6 is 11.3 Å². The van der Waals surface area contributed by atoms with Crippen molar-refractivity contribution in [2.24, 2.45) is 0 Å². The summed E-state index contributed by atoms with van der Waals surface area (Å²) in [5, 5.41) is 1.10. The third kappa shape index (κ3) is 3.89. The Morgan fingerprint density at radius 1 is 1.14 bits per heavy atom. The molecule has 1 aliphatic rings. The van der Waals surface area contributed by atoms with E-state index in [0.29, 0.717) is 13.1 Å². The largest absolute Gasteiger partial charge is 0.347 e. The van der Waals surface area contributed by atoms with Gasteiger partial charge < -0.3 is 4.90 Å². The number of aromatic nitrogens is 2. The number of rotatable bonds is 6. The molecule has 0 amide bonds. The fraction of sp³-hybridized carbons (Fsp3) is 0.429. The summed E-state index contributed by atoms with van der Waals surface area (Å²) in [5.41, 5.74) is 1.03. The molecule has 0 N–H and O–H groups in total. The van der Waals surface area contributed by atoms with Gasteiger partial charge in [-0.15, -0.1) is 11.3 Å². The molecule has 29 heavy (non-hydrogen) atoms. The van der Waals surface area contributed by atoms with E-state index >= 15 is 0 Å². The molecule has 1 aliphatic heterocycles. The molecule has 1 fully saturated rings. The number of anilines is 1. The van der Waals surface area contributed by atoms with Gasteiger partial charge in [-0.05, 0) is 43.5 Å². The molecule has 4 rings (SSSR count). The molecule has 2 aromatic heterocycles. The first-order valence-corrected chi connectivity index (χ1v) is 12.4. The van der Waals surface area contributed by atoms with Gasteiger partial charge in [0.2, 0.25) is 10.0 Å². The van der Waals surface area contributed by atoms with Crippen molar-refractivity contribution >= 4 is 37.4 Å². The maximum atomic E-state index is 12.7. The predicted octanol–water partition coefficient (Wildman–Crippen LogP) is 4.45. The molecule has 6 nitrogen and oxygen atoms in total. The lowest BCUT2D eigenvalue weighted by Crippen LogP contribution is -2.34. The number of hydrogen-bond donors (Lipinski definition) is 0. The number of benzene rings is 1. The van der Waals surface area contributed by atoms with E-state index in [-0.39, 0.29) is 10.9 Å². The van der Waals surface area contributed by atoms with Crippen LogP contribution in [0.1, 0.15) is 44.2 Å². The first-order valence-electron chi connectivity index (χ1n) is 10.1. The SMILES string of the molecule is CCN(CC)S(=O)(=O)c1ccc(N2CCCC[C@H]2c2nc3ccccc3s2)nc1. The van der Waals surface area contributed by atoms with Gasteiger partial charge in [0.05, 0.1) is 16.3 Å². The summed E-state index contributed by atoms with van der Waals surface area (Å²) in [5.74, 6) is 0.812. The zero-order valence-corrected chi connectivity index (χ0v) is 18.4. The van der Waals surface area contributed by atoms with Crippen molar-refractivity contribution < 1.29 is 8.42 Å². The highest BCUT2D eigenvalue weighted by Crippen LogP contribution is 2.37. The van der Waals surface area contributed by atoms with E-state index < -0.39 is 10.0 Å². The van der Waals surface area contributed by atoms with Crippen molar-refractivity contribution in [3.8, 4) is 0 Å². The fourth-order valence-corrected chi connectivity index (χ4v) is 6.42. The van der Waals surface area contributed by atoms with Crippen LogP contribution in [0, 0.1) is 0 Å². The van der Waals surface area contributed by atoms with Gasteiger partial charge in [0.15, 0.2) is 0 Å². The normalized spacial score (nSPS) is 17.9. The molecule has 3 heterocycles. The van der Waals surface area contributed by atoms with Crippen LogP contribution in [0.3, 0.4) is 0 Å². The predicted molar refractivity (Wildman–Crippen MR) is 118 cm³/mol. The summed E-state index contributed by atoms with van der Waals surface area (Å²) in [6, 6.07) is 11.9. The van der Waals surface area contributed by atoms with Gasteiger partial charge in [-0.2, -0.15) is 4.31 Å². The van der Waals surface area contributed by atoms with Crippen molar-refractivity contribution in [2.75, 3.05) is 24.5 Å². The lowest BCUT2D eigenvalue weighted by Gasteiger charge is -2.35. The summed E-state index contributed by atoms with van der Waals surface area (Å²) in [6.07, 6.45) is 4.78. The fourth-order valence-electron chi connectivity index (χ4n) is 3.90. The van der Waals surface area contributed by atoms with Gasteiger partial charge in [0, 0.05) is 25.8 Å². The van der Waals surface area contributed by atoms with Crippen molar-refractivity contribution in [1.82, 2.24) is 14.3 Å². The minimum Gasteiger partial charge on any atom is -0.347 e. The summed E-state index contributed by atoms with van der Waals surface area (Å²) in [7, 11) is -3.49. The lowest BCUT2D eigenvalue weighted by atomic mass is 10.0. The molecule has 1 saturated heterocycles. The lowest BCUT2D eigenvalue weighted by molar-refractivity contribution is 0.444. The standard InChI is InChI=1S/C21H26N4O2S2/c1-3-24(4-2)29(26,27)16-12-13-20(22-15-16)25-14-8-7-10-18(25)21-23-17-9-5-6-11-19(17)28-21/h5-6,9,11-13,15,18H,3-4,7-8,10,14H2,1-2H3/t18-/m0/s1. The maximum Gasteiger partial charge on any atom is 0.244 e. The van der Waals surface area contributed by atoms with Gasteiger partial charge in [-0.1, -0.05) is 26.0 Å². The second-order valence-electron chi connectivity index (χ2n) is 7.17. The number of piperidine rings is 1. The van der Waals surface area contributed by atoms with Crippen molar-refractivity contribution in [2.45, 2.75) is 44.0 Å². The monoisotopic (exact) mass is 430 g/mol. The molecule has 8 heteroatoms. The van der Waals surface area contributed by atoms with Gasteiger partial charge >= 0.3 is 0 Å². The summed E-state index contributed by atoms with van der Waals surface area (Å²) < 4.78 is 28.1. The molecular formula is C21H26N4O2S2. The average Bonchev–Trinajstić information content (AvgIpc) is 3.19. The Morgan fingerprint density at radius 3 is 2.62 bits per heavy atom. The molecule has 0 aliphatic carbocycles. The smallest absolute Gasteiger partial charge is 0.244 e. The van der Waals surface area contributed by atoms with Crippen molar-refractivity contribution in [3.05, 3.63) is 47.6 Å². The zero-order chi connectivity index (χ0) is 20.4. The first kappa shape index (κ1) is 20.3. The Labute approximate surface area is 176 Å². The molecule has 0 saturated carbocycles. The highest BCUT2D eigenvalue weighted by atomic mass is 32.2. The number of fused-ring (bicyclic) bond motifs is 1. The minimum atomic E-state index is -3.49. The molecule has 1 atom stereocenters. The van der Waals surface area contributed by atoms with Crippen LogP contribution in [0.25, 0.3) is 10.2 Å². The van der Waals surface area contributed by atoms with E-state index in [0.717, 1.165) is 42.1 Å². The summed E-state index contributed by atoms with van der Waals surface area (Å²) >= 11 is 1.74. The Bertz CT molecular complexity index is 1040. The third-order valence-electron chi connectivity index (χ3n) is 5.46. The van der Waals surface area contributed by atoms with Crippen LogP contribution in [-0.2, 0) is 10.0 Å². The third-order valence-corrected chi connectivity index (χ3v) is 8.63. The Hall–Kier alpha value is -2.03. The average molecular weight is 431 g/mol. The van der Waals surface area contributed by atoms with E-state index in [2.05, 4.69) is 16.0 Å². The number of thiazole rings is 1. The van der Waals surface area contributed by atoms with E-state index in [4.69, 9.17) is 4.98 Å². The Kier molecular flexibility index (Phi) is 5.85. The Morgan fingerprint density at radius 2 is 1.93 bits per heavy atom. The first-order chi connectivity index (χ1) is 14.0. The van der Waals surface area contributed by atoms with Gasteiger partial charge in [0.25, 0.3) is 0 Å². The summed E-state index contributed by atoms with van der Waals surface area (Å²) in [6.45, 7) is 5.49. The van der Waals surface area contributed by atoms with Crippen molar-refractivity contribution in [1.29, 1.82) is 0 Å². The van der Waals surface area contributed by atoms with Gasteiger partial charge in [-0.3, -0.25) is 0 Å². The van der Waals surface area contributed by atoms with Crippen LogP contribution in [0.4, 0.5) is 5.82 Å². The van der Waals surface area contributed by atoms with Crippen LogP contribution in [-0.4, -0.2) is 42.3 Å². The zero-order valence-electron chi connectivity index (χ0n) is 16.8. The van der Waals surface area contributed by atoms with Crippen LogP contribution in [0.5, 0.6) is 0 Å². The molecular weight excluding hydrogens is 404 g/mol. The molecule has 0 bridgehead atoms. The van der Waals surface area contributed by atoms with Crippen LogP contribution in [0.15, 0.2) is 47.5 Å². The summed E-state index contributed by atoms with van der Waals surface area (Å²) in [4.78, 5) is 11.9. The van der Waals surface area contributed by atoms with E-state index in [1.165, 1.54) is 15.2 Å². The maximum absolute atomic E-state index is 12.7. The number of nitrogens with zero attached hydrogens (tertiary/aromatic N) is 4. The van der Waals surface area contributed by atoms with Gasteiger partial charge in [-0.25, -0.2) is 18.4 Å². The highest BCUT2D eigenvalue weighted by molar-refractivity contribution is 7.89. The molecule has 1 aromatic carbocycles. The highest BCUT2D eigenvalue weighted by Gasteiger charge is 2.29. The molecule has 0 radical (unpaired) electrons.